The summed E-state index contributed by atoms with van der Waals surface area (Å²) in [6, 6.07) is -0.808. The minimum Gasteiger partial charge on any atom is -0.480 e. The maximum absolute atomic E-state index is 11.1. The van der Waals surface area contributed by atoms with Crippen molar-refractivity contribution in [3.05, 3.63) is 0 Å². The van der Waals surface area contributed by atoms with Crippen LogP contribution in [-0.4, -0.2) is 29.6 Å². The molecule has 1 atom stereocenters. The average Bonchev–Trinajstić information content (AvgIpc) is 2.12. The number of nitrogens with two attached hydrogens (primary N) is 1. The summed E-state index contributed by atoms with van der Waals surface area (Å²) < 4.78 is 0. The van der Waals surface area contributed by atoms with Gasteiger partial charge in [-0.25, -0.2) is 0 Å². The van der Waals surface area contributed by atoms with Crippen LogP contribution in [0.3, 0.4) is 0 Å². The van der Waals surface area contributed by atoms with E-state index in [2.05, 4.69) is 5.32 Å². The summed E-state index contributed by atoms with van der Waals surface area (Å²) in [5, 5.41) is 10.9. The standard InChI is InChI=1S/C9H18N2O3/c1-7(9(13)14)11-8(12)5-3-2-4-6-10/h7H,2-6,10H2,1H3,(H,11,12)(H,13,14). The van der Waals surface area contributed by atoms with Crippen LogP contribution < -0.4 is 11.1 Å². The maximum Gasteiger partial charge on any atom is 0.325 e. The number of carbonyl (C=O) groups excluding carboxylic acids is 1. The van der Waals surface area contributed by atoms with Crippen LogP contribution in [0, 0.1) is 0 Å². The molecule has 0 aromatic heterocycles. The third-order valence-electron chi connectivity index (χ3n) is 1.86. The third kappa shape index (κ3) is 6.42. The number of carbonyl (C=O) groups is 2. The second kappa shape index (κ2) is 7.32. The second-order valence-electron chi connectivity index (χ2n) is 3.23. The molecule has 0 aromatic rings. The number of amides is 1. The van der Waals surface area contributed by atoms with Crippen LogP contribution in [0.5, 0.6) is 0 Å². The van der Waals surface area contributed by atoms with Gasteiger partial charge in [0.25, 0.3) is 0 Å². The van der Waals surface area contributed by atoms with Gasteiger partial charge in [-0.1, -0.05) is 6.42 Å². The van der Waals surface area contributed by atoms with Gasteiger partial charge >= 0.3 is 5.97 Å². The Labute approximate surface area is 83.7 Å². The first-order valence-electron chi connectivity index (χ1n) is 4.80. The zero-order chi connectivity index (χ0) is 11.0. The predicted octanol–water partition coefficient (Wildman–Crippen LogP) is 0.0948. The quantitative estimate of drug-likeness (QED) is 0.510. The number of aliphatic carboxylic acids is 1. The lowest BCUT2D eigenvalue weighted by molar-refractivity contribution is -0.141. The smallest absolute Gasteiger partial charge is 0.325 e. The van der Waals surface area contributed by atoms with Crippen molar-refractivity contribution in [2.75, 3.05) is 6.54 Å². The Morgan fingerprint density at radius 3 is 2.50 bits per heavy atom. The van der Waals surface area contributed by atoms with Gasteiger partial charge in [-0.3, -0.25) is 9.59 Å². The monoisotopic (exact) mass is 202 g/mol. The zero-order valence-corrected chi connectivity index (χ0v) is 8.45. The SMILES string of the molecule is CC(NC(=O)CCCCCN)C(=O)O. The van der Waals surface area contributed by atoms with E-state index in [4.69, 9.17) is 10.8 Å². The highest BCUT2D eigenvalue weighted by Gasteiger charge is 2.12. The molecule has 14 heavy (non-hydrogen) atoms. The van der Waals surface area contributed by atoms with Crippen LogP contribution in [0.15, 0.2) is 0 Å². The van der Waals surface area contributed by atoms with Crippen molar-refractivity contribution < 1.29 is 14.7 Å². The first kappa shape index (κ1) is 12.9. The highest BCUT2D eigenvalue weighted by molar-refractivity contribution is 5.83. The van der Waals surface area contributed by atoms with Crippen LogP contribution in [0.1, 0.15) is 32.6 Å². The summed E-state index contributed by atoms with van der Waals surface area (Å²) in [4.78, 5) is 21.5. The van der Waals surface area contributed by atoms with E-state index in [1.165, 1.54) is 6.92 Å². The Morgan fingerprint density at radius 2 is 2.00 bits per heavy atom. The van der Waals surface area contributed by atoms with E-state index in [1.807, 2.05) is 0 Å². The number of carboxylic acids is 1. The summed E-state index contributed by atoms with van der Waals surface area (Å²) in [7, 11) is 0. The van der Waals surface area contributed by atoms with Gasteiger partial charge < -0.3 is 16.2 Å². The van der Waals surface area contributed by atoms with Crippen molar-refractivity contribution in [2.45, 2.75) is 38.6 Å². The van der Waals surface area contributed by atoms with E-state index < -0.39 is 12.0 Å². The third-order valence-corrected chi connectivity index (χ3v) is 1.86. The van der Waals surface area contributed by atoms with E-state index in [9.17, 15) is 9.59 Å². The largest absolute Gasteiger partial charge is 0.480 e. The van der Waals surface area contributed by atoms with E-state index >= 15 is 0 Å². The van der Waals surface area contributed by atoms with Gasteiger partial charge in [0.15, 0.2) is 0 Å². The molecule has 0 rings (SSSR count). The van der Waals surface area contributed by atoms with Gasteiger partial charge in [0.2, 0.25) is 5.91 Å². The molecule has 0 aliphatic rings. The molecule has 1 amide bonds. The Kier molecular flexibility index (Phi) is 6.74. The molecule has 0 aliphatic heterocycles. The molecule has 0 aliphatic carbocycles. The van der Waals surface area contributed by atoms with E-state index in [-0.39, 0.29) is 5.91 Å². The van der Waals surface area contributed by atoms with Crippen molar-refractivity contribution in [1.82, 2.24) is 5.32 Å². The topological polar surface area (TPSA) is 92.4 Å². The molecule has 0 fully saturated rings. The minimum atomic E-state index is -1.01. The molecule has 0 radical (unpaired) electrons. The molecular formula is C9H18N2O3. The van der Waals surface area contributed by atoms with E-state index in [0.717, 1.165) is 19.3 Å². The van der Waals surface area contributed by atoms with Gasteiger partial charge in [-0.15, -0.1) is 0 Å². The zero-order valence-electron chi connectivity index (χ0n) is 8.45. The predicted molar refractivity (Wildman–Crippen MR) is 52.8 cm³/mol. The summed E-state index contributed by atoms with van der Waals surface area (Å²) in [5.41, 5.74) is 5.29. The Bertz CT molecular complexity index is 194. The normalized spacial score (nSPS) is 12.1. The van der Waals surface area contributed by atoms with Gasteiger partial charge in [-0.05, 0) is 26.3 Å². The van der Waals surface area contributed by atoms with Gasteiger partial charge in [-0.2, -0.15) is 0 Å². The lowest BCUT2D eigenvalue weighted by Crippen LogP contribution is -2.38. The summed E-state index contributed by atoms with van der Waals surface area (Å²) in [5.74, 6) is -1.22. The molecule has 82 valence electrons. The van der Waals surface area contributed by atoms with Gasteiger partial charge in [0.05, 0.1) is 0 Å². The van der Waals surface area contributed by atoms with Gasteiger partial charge in [0.1, 0.15) is 6.04 Å². The highest BCUT2D eigenvalue weighted by Crippen LogP contribution is 1.98. The van der Waals surface area contributed by atoms with Crippen LogP contribution in [0.2, 0.25) is 0 Å². The molecule has 0 aromatic carbocycles. The Morgan fingerprint density at radius 1 is 1.36 bits per heavy atom. The lowest BCUT2D eigenvalue weighted by atomic mass is 10.2. The molecule has 5 nitrogen and oxygen atoms in total. The van der Waals surface area contributed by atoms with Crippen molar-refractivity contribution in [1.29, 1.82) is 0 Å². The van der Waals surface area contributed by atoms with Crippen molar-refractivity contribution in [3.63, 3.8) is 0 Å². The van der Waals surface area contributed by atoms with E-state index in [0.29, 0.717) is 13.0 Å². The number of nitrogens with one attached hydrogen (secondary N) is 1. The number of rotatable bonds is 7. The molecule has 5 heteroatoms. The number of hydrogen-bond donors (Lipinski definition) is 3. The Balaban J connectivity index is 3.50. The number of carboxylic acid groups (broad SMARTS) is 1. The van der Waals surface area contributed by atoms with Crippen LogP contribution >= 0.6 is 0 Å². The molecule has 1 unspecified atom stereocenters. The fourth-order valence-electron chi connectivity index (χ4n) is 0.982. The van der Waals surface area contributed by atoms with Crippen LogP contribution in [0.25, 0.3) is 0 Å². The molecular weight excluding hydrogens is 184 g/mol. The average molecular weight is 202 g/mol. The molecule has 0 saturated carbocycles. The van der Waals surface area contributed by atoms with E-state index in [1.54, 1.807) is 0 Å². The first-order valence-corrected chi connectivity index (χ1v) is 4.80. The fourth-order valence-corrected chi connectivity index (χ4v) is 0.982. The first-order chi connectivity index (χ1) is 6.57. The summed E-state index contributed by atoms with van der Waals surface area (Å²) in [6.07, 6.45) is 2.94. The highest BCUT2D eigenvalue weighted by atomic mass is 16.4. The lowest BCUT2D eigenvalue weighted by Gasteiger charge is -2.08. The van der Waals surface area contributed by atoms with Crippen molar-refractivity contribution in [2.24, 2.45) is 5.73 Å². The number of unbranched alkanes of at least 4 members (excludes halogenated alkanes) is 2. The second-order valence-corrected chi connectivity index (χ2v) is 3.23. The summed E-state index contributed by atoms with van der Waals surface area (Å²) in [6.45, 7) is 2.08. The Hall–Kier alpha value is -1.10. The molecule has 0 bridgehead atoms. The maximum atomic E-state index is 11.1. The molecule has 0 heterocycles. The number of hydrogen-bond acceptors (Lipinski definition) is 3. The molecule has 0 spiro atoms. The van der Waals surface area contributed by atoms with Crippen molar-refractivity contribution in [3.8, 4) is 0 Å². The summed E-state index contributed by atoms with van der Waals surface area (Å²) >= 11 is 0. The molecule has 0 saturated heterocycles. The van der Waals surface area contributed by atoms with Crippen molar-refractivity contribution >= 4 is 11.9 Å². The van der Waals surface area contributed by atoms with Crippen LogP contribution in [0.4, 0.5) is 0 Å². The minimum absolute atomic E-state index is 0.211. The fraction of sp³-hybridized carbons (Fsp3) is 0.778. The molecule has 4 N–H and O–H groups in total. The van der Waals surface area contributed by atoms with Gasteiger partial charge in [0, 0.05) is 6.42 Å². The van der Waals surface area contributed by atoms with Crippen LogP contribution in [-0.2, 0) is 9.59 Å².